The minimum Gasteiger partial charge on any atom is -0.306 e. The Bertz CT molecular complexity index is 487. The fraction of sp³-hybridized carbons (Fsp3) is 0.500. The number of aromatic nitrogens is 2. The second-order valence-corrected chi connectivity index (χ2v) is 5.27. The van der Waals surface area contributed by atoms with E-state index in [1.807, 2.05) is 10.9 Å². The van der Waals surface area contributed by atoms with E-state index in [0.717, 1.165) is 19.5 Å². The van der Waals surface area contributed by atoms with Crippen LogP contribution in [0.5, 0.6) is 0 Å². The Morgan fingerprint density at radius 3 is 2.78 bits per heavy atom. The lowest BCUT2D eigenvalue weighted by molar-refractivity contribution is 0.595. The fourth-order valence-corrected chi connectivity index (χ4v) is 2.94. The first kappa shape index (κ1) is 13.3. The molecule has 18 heavy (non-hydrogen) atoms. The molecule has 2 rings (SSSR count). The van der Waals surface area contributed by atoms with Crippen molar-refractivity contribution in [2.24, 2.45) is 0 Å². The molecule has 3 nitrogen and oxygen atoms in total. The summed E-state index contributed by atoms with van der Waals surface area (Å²) in [5.41, 5.74) is 3.99. The van der Waals surface area contributed by atoms with Crippen molar-refractivity contribution in [1.82, 2.24) is 15.1 Å². The summed E-state index contributed by atoms with van der Waals surface area (Å²) in [5, 5.41) is 12.5. The molecule has 0 radical (unpaired) electrons. The van der Waals surface area contributed by atoms with Crippen LogP contribution in [0, 0.1) is 6.92 Å². The smallest absolute Gasteiger partial charge is 0.0618 e. The maximum atomic E-state index is 4.38. The van der Waals surface area contributed by atoms with Gasteiger partial charge in [0.2, 0.25) is 0 Å². The van der Waals surface area contributed by atoms with Crippen molar-refractivity contribution in [3.8, 4) is 0 Å². The van der Waals surface area contributed by atoms with Crippen LogP contribution in [-0.4, -0.2) is 16.3 Å². The Labute approximate surface area is 113 Å². The van der Waals surface area contributed by atoms with E-state index in [1.165, 1.54) is 16.7 Å². The molecular formula is C14H21N3S. The number of nitrogens with one attached hydrogen (secondary N) is 1. The van der Waals surface area contributed by atoms with Crippen LogP contribution < -0.4 is 5.32 Å². The Balaban J connectivity index is 2.27. The molecule has 0 fully saturated rings. The lowest BCUT2D eigenvalue weighted by atomic mass is 10.0. The molecular weight excluding hydrogens is 242 g/mol. The summed E-state index contributed by atoms with van der Waals surface area (Å²) in [5.74, 6) is 0. The molecule has 0 saturated carbocycles. The van der Waals surface area contributed by atoms with Gasteiger partial charge >= 0.3 is 0 Å². The monoisotopic (exact) mass is 263 g/mol. The van der Waals surface area contributed by atoms with Gasteiger partial charge in [-0.25, -0.2) is 0 Å². The van der Waals surface area contributed by atoms with E-state index in [-0.39, 0.29) is 6.04 Å². The van der Waals surface area contributed by atoms with E-state index < -0.39 is 0 Å². The van der Waals surface area contributed by atoms with Crippen molar-refractivity contribution in [3.05, 3.63) is 39.8 Å². The minimum absolute atomic E-state index is 0.275. The standard InChI is InChI=1S/C14H21N3S/c1-4-6-15-14(13-10-18-9-11(13)3)12-7-16-17(5-2)8-12/h7-10,14-15H,4-6H2,1-3H3. The molecule has 1 atom stereocenters. The maximum Gasteiger partial charge on any atom is 0.0618 e. The normalized spacial score (nSPS) is 12.8. The second-order valence-electron chi connectivity index (χ2n) is 4.53. The van der Waals surface area contributed by atoms with Crippen LogP contribution in [0.3, 0.4) is 0 Å². The van der Waals surface area contributed by atoms with Crippen molar-refractivity contribution in [2.75, 3.05) is 6.54 Å². The molecule has 0 aromatic carbocycles. The van der Waals surface area contributed by atoms with Crippen molar-refractivity contribution in [2.45, 2.75) is 39.8 Å². The first-order valence-corrected chi connectivity index (χ1v) is 7.49. The Hall–Kier alpha value is -1.13. The van der Waals surface area contributed by atoms with Crippen LogP contribution in [0.1, 0.15) is 43.0 Å². The lowest BCUT2D eigenvalue weighted by Crippen LogP contribution is -2.23. The van der Waals surface area contributed by atoms with E-state index in [2.05, 4.69) is 48.1 Å². The van der Waals surface area contributed by atoms with Crippen LogP contribution in [-0.2, 0) is 6.54 Å². The summed E-state index contributed by atoms with van der Waals surface area (Å²) in [7, 11) is 0. The number of aryl methyl sites for hydroxylation is 2. The highest BCUT2D eigenvalue weighted by molar-refractivity contribution is 7.08. The van der Waals surface area contributed by atoms with Gasteiger partial charge in [0.25, 0.3) is 0 Å². The predicted molar refractivity (Wildman–Crippen MR) is 77.1 cm³/mol. The summed E-state index contributed by atoms with van der Waals surface area (Å²) in [6.07, 6.45) is 5.26. The zero-order valence-electron chi connectivity index (χ0n) is 11.3. The van der Waals surface area contributed by atoms with Crippen molar-refractivity contribution in [3.63, 3.8) is 0 Å². The van der Waals surface area contributed by atoms with Gasteiger partial charge in [-0.2, -0.15) is 16.4 Å². The SMILES string of the molecule is CCCNC(c1cnn(CC)c1)c1cscc1C. The third-order valence-corrected chi connectivity index (χ3v) is 3.99. The van der Waals surface area contributed by atoms with Crippen LogP contribution in [0.2, 0.25) is 0 Å². The first-order chi connectivity index (χ1) is 8.76. The van der Waals surface area contributed by atoms with E-state index >= 15 is 0 Å². The van der Waals surface area contributed by atoms with E-state index in [0.29, 0.717) is 0 Å². The van der Waals surface area contributed by atoms with Crippen LogP contribution in [0.15, 0.2) is 23.2 Å². The fourth-order valence-electron chi connectivity index (χ4n) is 2.06. The van der Waals surface area contributed by atoms with Gasteiger partial charge in [0, 0.05) is 18.3 Å². The molecule has 0 aliphatic heterocycles. The average Bonchev–Trinajstić information content (AvgIpc) is 3.00. The minimum atomic E-state index is 0.275. The average molecular weight is 263 g/mol. The number of rotatable bonds is 6. The molecule has 0 aliphatic rings. The van der Waals surface area contributed by atoms with E-state index in [1.54, 1.807) is 11.3 Å². The highest BCUT2D eigenvalue weighted by atomic mass is 32.1. The predicted octanol–water partition coefficient (Wildman–Crippen LogP) is 3.36. The topological polar surface area (TPSA) is 29.9 Å². The quantitative estimate of drug-likeness (QED) is 0.866. The van der Waals surface area contributed by atoms with Crippen molar-refractivity contribution in [1.29, 1.82) is 0 Å². The molecule has 2 heterocycles. The molecule has 0 amide bonds. The van der Waals surface area contributed by atoms with Gasteiger partial charge in [-0.3, -0.25) is 4.68 Å². The molecule has 0 saturated heterocycles. The lowest BCUT2D eigenvalue weighted by Gasteiger charge is -2.17. The number of thiophene rings is 1. The molecule has 98 valence electrons. The Morgan fingerprint density at radius 1 is 1.39 bits per heavy atom. The highest BCUT2D eigenvalue weighted by Crippen LogP contribution is 2.27. The summed E-state index contributed by atoms with van der Waals surface area (Å²) >= 11 is 1.77. The Morgan fingerprint density at radius 2 is 2.22 bits per heavy atom. The second kappa shape index (κ2) is 6.16. The van der Waals surface area contributed by atoms with E-state index in [9.17, 15) is 0 Å². The Kier molecular flexibility index (Phi) is 4.55. The third kappa shape index (κ3) is 2.82. The van der Waals surface area contributed by atoms with Crippen molar-refractivity contribution >= 4 is 11.3 Å². The van der Waals surface area contributed by atoms with Gasteiger partial charge in [0.15, 0.2) is 0 Å². The number of nitrogens with zero attached hydrogens (tertiary/aromatic N) is 2. The van der Waals surface area contributed by atoms with E-state index in [4.69, 9.17) is 0 Å². The third-order valence-electron chi connectivity index (χ3n) is 3.12. The summed E-state index contributed by atoms with van der Waals surface area (Å²) in [6, 6.07) is 0.275. The molecule has 0 bridgehead atoms. The van der Waals surface area contributed by atoms with Crippen LogP contribution >= 0.6 is 11.3 Å². The van der Waals surface area contributed by atoms with Gasteiger partial charge < -0.3 is 5.32 Å². The molecule has 0 aliphatic carbocycles. The molecule has 0 spiro atoms. The maximum absolute atomic E-state index is 4.38. The summed E-state index contributed by atoms with van der Waals surface area (Å²) in [4.78, 5) is 0. The molecule has 2 aromatic rings. The van der Waals surface area contributed by atoms with Gasteiger partial charge in [-0.1, -0.05) is 6.92 Å². The zero-order chi connectivity index (χ0) is 13.0. The van der Waals surface area contributed by atoms with Gasteiger partial charge in [-0.05, 0) is 48.7 Å². The van der Waals surface area contributed by atoms with Gasteiger partial charge in [-0.15, -0.1) is 0 Å². The molecule has 1 unspecified atom stereocenters. The number of hydrogen-bond donors (Lipinski definition) is 1. The van der Waals surface area contributed by atoms with Crippen LogP contribution in [0.4, 0.5) is 0 Å². The molecule has 1 N–H and O–H groups in total. The van der Waals surface area contributed by atoms with Crippen molar-refractivity contribution < 1.29 is 0 Å². The summed E-state index contributed by atoms with van der Waals surface area (Å²) < 4.78 is 1.98. The van der Waals surface area contributed by atoms with Crippen LogP contribution in [0.25, 0.3) is 0 Å². The largest absolute Gasteiger partial charge is 0.306 e. The highest BCUT2D eigenvalue weighted by Gasteiger charge is 2.17. The zero-order valence-corrected chi connectivity index (χ0v) is 12.1. The summed E-state index contributed by atoms with van der Waals surface area (Å²) in [6.45, 7) is 8.43. The first-order valence-electron chi connectivity index (χ1n) is 6.54. The molecule has 2 aromatic heterocycles. The number of hydrogen-bond acceptors (Lipinski definition) is 3. The van der Waals surface area contributed by atoms with Gasteiger partial charge in [0.05, 0.1) is 12.2 Å². The van der Waals surface area contributed by atoms with Gasteiger partial charge in [0.1, 0.15) is 0 Å². The molecule has 4 heteroatoms.